The van der Waals surface area contributed by atoms with Crippen molar-refractivity contribution < 1.29 is 4.84 Å². The Balaban J connectivity index is 1.48. The lowest BCUT2D eigenvalue weighted by Gasteiger charge is -2.11. The van der Waals surface area contributed by atoms with Crippen molar-refractivity contribution >= 4 is 0 Å². The van der Waals surface area contributed by atoms with Gasteiger partial charge in [0.15, 0.2) is 0 Å². The van der Waals surface area contributed by atoms with Gasteiger partial charge < -0.3 is 4.57 Å². The molecule has 1 N–H and O–H groups in total. The highest BCUT2D eigenvalue weighted by Crippen LogP contribution is 2.19. The van der Waals surface area contributed by atoms with Gasteiger partial charge in [-0.15, -0.1) is 0 Å². The van der Waals surface area contributed by atoms with Crippen molar-refractivity contribution in [3.8, 4) is 0 Å². The highest BCUT2D eigenvalue weighted by molar-refractivity contribution is 4.73. The molecule has 1 aliphatic carbocycles. The molecule has 4 heteroatoms. The number of hydroxylamine groups is 1. The van der Waals surface area contributed by atoms with Gasteiger partial charge in [-0.1, -0.05) is 12.8 Å². The number of hydrogen-bond acceptors (Lipinski definition) is 3. The first kappa shape index (κ1) is 10.6. The zero-order chi connectivity index (χ0) is 10.3. The first-order chi connectivity index (χ1) is 7.45. The van der Waals surface area contributed by atoms with Crippen LogP contribution in [0.15, 0.2) is 18.7 Å². The Bertz CT molecular complexity index is 255. The fourth-order valence-electron chi connectivity index (χ4n) is 1.94. The molecule has 1 fully saturated rings. The summed E-state index contributed by atoms with van der Waals surface area (Å²) in [5, 5.41) is 0. The standard InChI is InChI=1S/C11H19N3O/c1-2-5-11(4-1)15-13-6-3-8-14-9-7-12-10-14/h7,9-11,13H,1-6,8H2. The molecule has 0 spiro atoms. The van der Waals surface area contributed by atoms with Crippen LogP contribution in [0.1, 0.15) is 32.1 Å². The van der Waals surface area contributed by atoms with Gasteiger partial charge in [0.1, 0.15) is 0 Å². The zero-order valence-electron chi connectivity index (χ0n) is 9.06. The number of aromatic nitrogens is 2. The average Bonchev–Trinajstić information content (AvgIpc) is 2.88. The minimum atomic E-state index is 0.457. The third-order valence-corrected chi connectivity index (χ3v) is 2.81. The maximum Gasteiger partial charge on any atom is 0.0945 e. The van der Waals surface area contributed by atoms with E-state index in [2.05, 4.69) is 15.0 Å². The molecule has 0 atom stereocenters. The molecule has 0 aliphatic heterocycles. The van der Waals surface area contributed by atoms with Crippen LogP contribution in [-0.2, 0) is 11.4 Å². The van der Waals surface area contributed by atoms with Gasteiger partial charge >= 0.3 is 0 Å². The van der Waals surface area contributed by atoms with E-state index < -0.39 is 0 Å². The van der Waals surface area contributed by atoms with Crippen molar-refractivity contribution in [1.29, 1.82) is 0 Å². The monoisotopic (exact) mass is 209 g/mol. The van der Waals surface area contributed by atoms with E-state index in [0.29, 0.717) is 6.10 Å². The predicted molar refractivity (Wildman–Crippen MR) is 58.2 cm³/mol. The minimum Gasteiger partial charge on any atom is -0.337 e. The maximum atomic E-state index is 5.55. The van der Waals surface area contributed by atoms with Crippen LogP contribution in [0.25, 0.3) is 0 Å². The summed E-state index contributed by atoms with van der Waals surface area (Å²) < 4.78 is 2.08. The SMILES string of the molecule is c1cn(CCCNOC2CCCC2)cn1. The summed E-state index contributed by atoms with van der Waals surface area (Å²) in [6.07, 6.45) is 12.2. The predicted octanol–water partition coefficient (Wildman–Crippen LogP) is 1.74. The Labute approximate surface area is 90.6 Å². The largest absolute Gasteiger partial charge is 0.337 e. The van der Waals surface area contributed by atoms with Crippen LogP contribution in [0.3, 0.4) is 0 Å². The molecule has 1 aromatic heterocycles. The van der Waals surface area contributed by atoms with E-state index >= 15 is 0 Å². The highest BCUT2D eigenvalue weighted by atomic mass is 16.7. The highest BCUT2D eigenvalue weighted by Gasteiger charge is 2.14. The fourth-order valence-corrected chi connectivity index (χ4v) is 1.94. The molecule has 84 valence electrons. The van der Waals surface area contributed by atoms with Crippen LogP contribution in [-0.4, -0.2) is 22.2 Å². The van der Waals surface area contributed by atoms with E-state index in [9.17, 15) is 0 Å². The van der Waals surface area contributed by atoms with Gasteiger partial charge in [-0.25, -0.2) is 10.5 Å². The quantitative estimate of drug-likeness (QED) is 0.573. The van der Waals surface area contributed by atoms with Gasteiger partial charge in [0.05, 0.1) is 12.4 Å². The minimum absolute atomic E-state index is 0.457. The first-order valence-electron chi connectivity index (χ1n) is 5.79. The molecule has 0 aromatic carbocycles. The maximum absolute atomic E-state index is 5.55. The molecule has 0 amide bonds. The second-order valence-electron chi connectivity index (χ2n) is 4.07. The smallest absolute Gasteiger partial charge is 0.0945 e. The van der Waals surface area contributed by atoms with Gasteiger partial charge in [0.25, 0.3) is 0 Å². The van der Waals surface area contributed by atoms with E-state index in [1.54, 1.807) is 0 Å². The van der Waals surface area contributed by atoms with Crippen molar-refractivity contribution in [3.05, 3.63) is 18.7 Å². The van der Waals surface area contributed by atoms with Crippen LogP contribution >= 0.6 is 0 Å². The van der Waals surface area contributed by atoms with Crippen molar-refractivity contribution in [1.82, 2.24) is 15.0 Å². The third-order valence-electron chi connectivity index (χ3n) is 2.81. The first-order valence-corrected chi connectivity index (χ1v) is 5.79. The molecular formula is C11H19N3O. The van der Waals surface area contributed by atoms with Crippen molar-refractivity contribution in [2.75, 3.05) is 6.54 Å². The Morgan fingerprint density at radius 1 is 1.40 bits per heavy atom. The van der Waals surface area contributed by atoms with E-state index in [1.165, 1.54) is 25.7 Å². The van der Waals surface area contributed by atoms with Crippen LogP contribution < -0.4 is 5.48 Å². The lowest BCUT2D eigenvalue weighted by Crippen LogP contribution is -2.23. The second kappa shape index (κ2) is 5.88. The number of aryl methyl sites for hydroxylation is 1. The summed E-state index contributed by atoms with van der Waals surface area (Å²) in [6, 6.07) is 0. The Kier molecular flexibility index (Phi) is 4.17. The molecule has 2 rings (SSSR count). The van der Waals surface area contributed by atoms with Crippen molar-refractivity contribution in [3.63, 3.8) is 0 Å². The molecule has 0 saturated heterocycles. The summed E-state index contributed by atoms with van der Waals surface area (Å²) in [7, 11) is 0. The molecule has 0 bridgehead atoms. The van der Waals surface area contributed by atoms with Crippen LogP contribution in [0.5, 0.6) is 0 Å². The normalized spacial score (nSPS) is 17.3. The summed E-state index contributed by atoms with van der Waals surface area (Å²) in [6.45, 7) is 1.91. The van der Waals surface area contributed by atoms with E-state index in [1.807, 2.05) is 18.7 Å². The third kappa shape index (κ3) is 3.64. The van der Waals surface area contributed by atoms with Gasteiger partial charge in [0.2, 0.25) is 0 Å². The van der Waals surface area contributed by atoms with Crippen LogP contribution in [0.4, 0.5) is 0 Å². The zero-order valence-corrected chi connectivity index (χ0v) is 9.06. The number of imidazole rings is 1. The summed E-state index contributed by atoms with van der Waals surface area (Å²) >= 11 is 0. The molecule has 4 nitrogen and oxygen atoms in total. The van der Waals surface area contributed by atoms with Gasteiger partial charge in [0, 0.05) is 25.5 Å². The molecule has 1 heterocycles. The molecule has 15 heavy (non-hydrogen) atoms. The van der Waals surface area contributed by atoms with Gasteiger partial charge in [-0.3, -0.25) is 4.84 Å². The van der Waals surface area contributed by atoms with Gasteiger partial charge in [-0.05, 0) is 19.3 Å². The van der Waals surface area contributed by atoms with E-state index in [0.717, 1.165) is 19.5 Å². The number of rotatable bonds is 6. The van der Waals surface area contributed by atoms with E-state index in [-0.39, 0.29) is 0 Å². The van der Waals surface area contributed by atoms with Gasteiger partial charge in [-0.2, -0.15) is 0 Å². The van der Waals surface area contributed by atoms with Crippen LogP contribution in [0.2, 0.25) is 0 Å². The number of hydrogen-bond donors (Lipinski definition) is 1. The lowest BCUT2D eigenvalue weighted by atomic mass is 10.3. The van der Waals surface area contributed by atoms with Crippen molar-refractivity contribution in [2.45, 2.75) is 44.8 Å². The molecule has 0 unspecified atom stereocenters. The second-order valence-corrected chi connectivity index (χ2v) is 4.07. The summed E-state index contributed by atoms with van der Waals surface area (Å²) in [5.41, 5.74) is 3.06. The molecule has 1 aliphatic rings. The Morgan fingerprint density at radius 3 is 3.00 bits per heavy atom. The average molecular weight is 209 g/mol. The Hall–Kier alpha value is -0.870. The number of nitrogens with zero attached hydrogens (tertiary/aromatic N) is 2. The Morgan fingerprint density at radius 2 is 2.27 bits per heavy atom. The molecule has 1 saturated carbocycles. The molecule has 0 radical (unpaired) electrons. The van der Waals surface area contributed by atoms with Crippen LogP contribution in [0, 0.1) is 0 Å². The fraction of sp³-hybridized carbons (Fsp3) is 0.727. The van der Waals surface area contributed by atoms with Crippen molar-refractivity contribution in [2.24, 2.45) is 0 Å². The number of nitrogens with one attached hydrogen (secondary N) is 1. The topological polar surface area (TPSA) is 39.1 Å². The lowest BCUT2D eigenvalue weighted by molar-refractivity contribution is -0.0211. The molecule has 1 aromatic rings. The molecular weight excluding hydrogens is 190 g/mol. The van der Waals surface area contributed by atoms with E-state index in [4.69, 9.17) is 4.84 Å². The summed E-state index contributed by atoms with van der Waals surface area (Å²) in [4.78, 5) is 9.54. The summed E-state index contributed by atoms with van der Waals surface area (Å²) in [5.74, 6) is 0.